The largest absolute Gasteiger partial charge is 0.354 e. The van der Waals surface area contributed by atoms with Crippen LogP contribution in [0.5, 0.6) is 0 Å². The smallest absolute Gasteiger partial charge is 0.263 e. The van der Waals surface area contributed by atoms with Crippen molar-refractivity contribution in [1.82, 2.24) is 10.0 Å². The summed E-state index contributed by atoms with van der Waals surface area (Å²) < 4.78 is 27.0. The molecule has 29 heavy (non-hydrogen) atoms. The Hall–Kier alpha value is -2.38. The fourth-order valence-electron chi connectivity index (χ4n) is 3.18. The van der Waals surface area contributed by atoms with Crippen molar-refractivity contribution in [2.45, 2.75) is 43.5 Å². The van der Waals surface area contributed by atoms with Crippen molar-refractivity contribution in [3.05, 3.63) is 64.7 Å². The topological polar surface area (TPSA) is 87.6 Å². The molecule has 1 amide bonds. The van der Waals surface area contributed by atoms with Gasteiger partial charge in [-0.2, -0.15) is 0 Å². The molecule has 0 spiro atoms. The number of rotatable bonds is 8. The van der Waals surface area contributed by atoms with Crippen LogP contribution in [0.1, 0.15) is 37.3 Å². The van der Waals surface area contributed by atoms with Crippen LogP contribution in [0.2, 0.25) is 5.02 Å². The Balaban J connectivity index is 1.72. The van der Waals surface area contributed by atoms with E-state index in [0.29, 0.717) is 30.0 Å². The SMILES string of the molecule is CCCCC(N=C1NS(=O)(=O)c2ccccc21)C(=O)NCCc1cccc(Cl)c1. The lowest BCUT2D eigenvalue weighted by Crippen LogP contribution is -2.36. The standard InChI is InChI=1S/C21H24ClN3O3S/c1-2-3-10-18(21(26)23-13-12-15-7-6-8-16(22)14-15)24-20-17-9-4-5-11-19(17)29(27,28)25-20/h4-9,11,14,18H,2-3,10,12-13H2,1H3,(H,23,26)(H,24,25). The molecule has 0 aliphatic carbocycles. The van der Waals surface area contributed by atoms with E-state index in [1.165, 1.54) is 6.07 Å². The Morgan fingerprint density at radius 1 is 1.21 bits per heavy atom. The zero-order valence-electron chi connectivity index (χ0n) is 16.2. The van der Waals surface area contributed by atoms with Crippen LogP contribution in [-0.4, -0.2) is 32.7 Å². The first-order valence-electron chi connectivity index (χ1n) is 9.63. The summed E-state index contributed by atoms with van der Waals surface area (Å²) in [7, 11) is -3.63. The van der Waals surface area contributed by atoms with Crippen molar-refractivity contribution in [3.8, 4) is 0 Å². The van der Waals surface area contributed by atoms with E-state index in [0.717, 1.165) is 18.4 Å². The molecule has 0 bridgehead atoms. The lowest BCUT2D eigenvalue weighted by Gasteiger charge is -2.14. The van der Waals surface area contributed by atoms with Gasteiger partial charge in [0.25, 0.3) is 10.0 Å². The second kappa shape index (κ2) is 9.41. The molecule has 0 radical (unpaired) electrons. The summed E-state index contributed by atoms with van der Waals surface area (Å²) >= 11 is 5.99. The average molecular weight is 434 g/mol. The molecule has 8 heteroatoms. The summed E-state index contributed by atoms with van der Waals surface area (Å²) in [6.07, 6.45) is 2.93. The van der Waals surface area contributed by atoms with Gasteiger partial charge in [0, 0.05) is 17.1 Å². The number of hydrogen-bond acceptors (Lipinski definition) is 4. The number of fused-ring (bicyclic) bond motifs is 1. The first-order chi connectivity index (χ1) is 13.9. The Morgan fingerprint density at radius 3 is 2.76 bits per heavy atom. The van der Waals surface area contributed by atoms with Crippen LogP contribution < -0.4 is 10.0 Å². The number of nitrogens with zero attached hydrogens (tertiary/aromatic N) is 1. The molecule has 0 saturated carbocycles. The third kappa shape index (κ3) is 5.36. The molecule has 0 aromatic heterocycles. The number of unbranched alkanes of at least 4 members (excludes halogenated alkanes) is 1. The van der Waals surface area contributed by atoms with Crippen LogP contribution in [0.25, 0.3) is 0 Å². The van der Waals surface area contributed by atoms with Crippen LogP contribution in [0.3, 0.4) is 0 Å². The number of sulfonamides is 1. The Bertz CT molecular complexity index is 1020. The highest BCUT2D eigenvalue weighted by Crippen LogP contribution is 2.23. The lowest BCUT2D eigenvalue weighted by molar-refractivity contribution is -0.122. The van der Waals surface area contributed by atoms with Gasteiger partial charge in [0.05, 0.1) is 4.90 Å². The van der Waals surface area contributed by atoms with Gasteiger partial charge in [-0.05, 0) is 42.7 Å². The molecular formula is C21H24ClN3O3S. The molecule has 3 rings (SSSR count). The van der Waals surface area contributed by atoms with Crippen LogP contribution in [-0.2, 0) is 21.2 Å². The molecule has 1 atom stereocenters. The molecule has 2 aromatic carbocycles. The zero-order chi connectivity index (χ0) is 20.9. The second-order valence-electron chi connectivity index (χ2n) is 6.91. The summed E-state index contributed by atoms with van der Waals surface area (Å²) in [5, 5.41) is 3.57. The fourth-order valence-corrected chi connectivity index (χ4v) is 4.63. The van der Waals surface area contributed by atoms with Gasteiger partial charge in [0.2, 0.25) is 5.91 Å². The van der Waals surface area contributed by atoms with Crippen molar-refractivity contribution in [2.24, 2.45) is 4.99 Å². The highest BCUT2D eigenvalue weighted by atomic mass is 35.5. The summed E-state index contributed by atoms with van der Waals surface area (Å²) in [6, 6.07) is 13.5. The maximum Gasteiger partial charge on any atom is 0.263 e. The third-order valence-corrected chi connectivity index (χ3v) is 6.32. The number of amidine groups is 1. The van der Waals surface area contributed by atoms with E-state index in [1.54, 1.807) is 24.3 Å². The molecule has 1 aliphatic rings. The van der Waals surface area contributed by atoms with Crippen molar-refractivity contribution in [2.75, 3.05) is 6.54 Å². The quantitative estimate of drug-likeness (QED) is 0.669. The van der Waals surface area contributed by atoms with E-state index in [1.807, 2.05) is 25.1 Å². The van der Waals surface area contributed by atoms with Gasteiger partial charge in [0.1, 0.15) is 11.9 Å². The molecule has 0 saturated heterocycles. The minimum atomic E-state index is -3.63. The van der Waals surface area contributed by atoms with E-state index < -0.39 is 16.1 Å². The summed E-state index contributed by atoms with van der Waals surface area (Å²) in [5.41, 5.74) is 1.53. The molecular weight excluding hydrogens is 410 g/mol. The maximum atomic E-state index is 12.7. The monoisotopic (exact) mass is 433 g/mol. The predicted octanol–water partition coefficient (Wildman–Crippen LogP) is 3.30. The first kappa shape index (κ1) is 21.3. The molecule has 1 heterocycles. The normalized spacial score (nSPS) is 16.8. The maximum absolute atomic E-state index is 12.7. The van der Waals surface area contributed by atoms with Gasteiger partial charge in [-0.1, -0.05) is 55.6 Å². The van der Waals surface area contributed by atoms with Crippen molar-refractivity contribution in [1.29, 1.82) is 0 Å². The number of nitrogens with one attached hydrogen (secondary N) is 2. The van der Waals surface area contributed by atoms with E-state index in [9.17, 15) is 13.2 Å². The van der Waals surface area contributed by atoms with Crippen LogP contribution in [0, 0.1) is 0 Å². The van der Waals surface area contributed by atoms with Gasteiger partial charge in [0.15, 0.2) is 0 Å². The summed E-state index contributed by atoms with van der Waals surface area (Å²) in [6.45, 7) is 2.49. The molecule has 154 valence electrons. The Morgan fingerprint density at radius 2 is 2.00 bits per heavy atom. The Labute approximate surface area is 176 Å². The summed E-state index contributed by atoms with van der Waals surface area (Å²) in [4.78, 5) is 17.4. The van der Waals surface area contributed by atoms with Crippen molar-refractivity contribution >= 4 is 33.4 Å². The molecule has 0 fully saturated rings. The number of carbonyl (C=O) groups is 1. The molecule has 2 N–H and O–H groups in total. The van der Waals surface area contributed by atoms with Gasteiger partial charge < -0.3 is 5.32 Å². The molecule has 6 nitrogen and oxygen atoms in total. The Kier molecular flexibility index (Phi) is 6.92. The van der Waals surface area contributed by atoms with Crippen LogP contribution in [0.4, 0.5) is 0 Å². The highest BCUT2D eigenvalue weighted by molar-refractivity contribution is 7.90. The number of benzene rings is 2. The van der Waals surface area contributed by atoms with E-state index >= 15 is 0 Å². The van der Waals surface area contributed by atoms with Crippen molar-refractivity contribution < 1.29 is 13.2 Å². The van der Waals surface area contributed by atoms with Gasteiger partial charge in [-0.15, -0.1) is 0 Å². The third-order valence-electron chi connectivity index (χ3n) is 4.68. The molecule has 1 unspecified atom stereocenters. The van der Waals surface area contributed by atoms with Crippen molar-refractivity contribution in [3.63, 3.8) is 0 Å². The average Bonchev–Trinajstić information content (AvgIpc) is 2.95. The van der Waals surface area contributed by atoms with E-state index in [2.05, 4.69) is 15.0 Å². The number of amides is 1. The minimum absolute atomic E-state index is 0.189. The van der Waals surface area contributed by atoms with Gasteiger partial charge in [-0.3, -0.25) is 14.5 Å². The van der Waals surface area contributed by atoms with E-state index in [-0.39, 0.29) is 16.6 Å². The van der Waals surface area contributed by atoms with Gasteiger partial charge >= 0.3 is 0 Å². The van der Waals surface area contributed by atoms with E-state index in [4.69, 9.17) is 11.6 Å². The highest BCUT2D eigenvalue weighted by Gasteiger charge is 2.31. The molecule has 1 aliphatic heterocycles. The number of halogens is 1. The summed E-state index contributed by atoms with van der Waals surface area (Å²) in [5.74, 6) is 0.0169. The molecule has 2 aromatic rings. The van der Waals surface area contributed by atoms with Crippen LogP contribution >= 0.6 is 11.6 Å². The number of aliphatic imine (C=N–C) groups is 1. The van der Waals surface area contributed by atoms with Crippen LogP contribution in [0.15, 0.2) is 58.4 Å². The first-order valence-corrected chi connectivity index (χ1v) is 11.5. The predicted molar refractivity (Wildman–Crippen MR) is 115 cm³/mol. The minimum Gasteiger partial charge on any atom is -0.354 e. The second-order valence-corrected chi connectivity index (χ2v) is 9.00. The number of carbonyl (C=O) groups excluding carboxylic acids is 1. The van der Waals surface area contributed by atoms with Gasteiger partial charge in [-0.25, -0.2) is 8.42 Å². The fraction of sp³-hybridized carbons (Fsp3) is 0.333. The zero-order valence-corrected chi connectivity index (χ0v) is 17.8. The lowest BCUT2D eigenvalue weighted by atomic mass is 10.1. The number of hydrogen-bond donors (Lipinski definition) is 2.